The molecule has 0 radical (unpaired) electrons. The average Bonchev–Trinajstić information content (AvgIpc) is 2.51. The molecule has 1 saturated carbocycles. The third kappa shape index (κ3) is 2.98. The summed E-state index contributed by atoms with van der Waals surface area (Å²) in [6, 6.07) is 0. The van der Waals surface area contributed by atoms with E-state index in [0.29, 0.717) is 25.9 Å². The standard InChI is InChI=1S/C14H23NO6/c1-19-12-10(16)6-8-7-15(14(18)21-3)5-4-9(8)11(12)13(17)20-2/h8-12,16H,4-7H2,1-3H3/t8-,9+,10-,11+,12+/m1/s1. The molecule has 0 spiro atoms. The van der Waals surface area contributed by atoms with Crippen molar-refractivity contribution in [3.8, 4) is 0 Å². The molecule has 120 valence electrons. The fourth-order valence-corrected chi connectivity index (χ4v) is 3.74. The zero-order chi connectivity index (χ0) is 15.6. The van der Waals surface area contributed by atoms with E-state index in [9.17, 15) is 14.7 Å². The lowest BCUT2D eigenvalue weighted by Gasteiger charge is -2.48. The molecule has 2 aliphatic rings. The molecule has 1 saturated heterocycles. The van der Waals surface area contributed by atoms with Gasteiger partial charge in [-0.3, -0.25) is 4.79 Å². The van der Waals surface area contributed by atoms with Crippen LogP contribution in [0.3, 0.4) is 0 Å². The van der Waals surface area contributed by atoms with Crippen molar-refractivity contribution in [3.05, 3.63) is 0 Å². The van der Waals surface area contributed by atoms with Crippen molar-refractivity contribution < 1.29 is 28.9 Å². The van der Waals surface area contributed by atoms with Crippen LogP contribution < -0.4 is 0 Å². The molecule has 1 aliphatic heterocycles. The van der Waals surface area contributed by atoms with E-state index in [4.69, 9.17) is 14.2 Å². The first kappa shape index (κ1) is 16.0. The number of nitrogens with zero attached hydrogens (tertiary/aromatic N) is 1. The number of hydrogen-bond donors (Lipinski definition) is 1. The minimum absolute atomic E-state index is 0.0448. The summed E-state index contributed by atoms with van der Waals surface area (Å²) in [7, 11) is 4.19. The zero-order valence-corrected chi connectivity index (χ0v) is 12.7. The summed E-state index contributed by atoms with van der Waals surface area (Å²) < 4.78 is 14.9. The van der Waals surface area contributed by atoms with Crippen molar-refractivity contribution in [3.63, 3.8) is 0 Å². The second kappa shape index (κ2) is 6.62. The molecule has 7 heteroatoms. The van der Waals surface area contributed by atoms with Gasteiger partial charge in [0.15, 0.2) is 0 Å². The van der Waals surface area contributed by atoms with Crippen LogP contribution in [0.2, 0.25) is 0 Å². The van der Waals surface area contributed by atoms with Gasteiger partial charge in [0.1, 0.15) is 0 Å². The molecule has 1 aliphatic carbocycles. The van der Waals surface area contributed by atoms with E-state index < -0.39 is 18.1 Å². The molecular weight excluding hydrogens is 278 g/mol. The summed E-state index contributed by atoms with van der Waals surface area (Å²) in [5.41, 5.74) is 0. The Morgan fingerprint density at radius 2 is 1.90 bits per heavy atom. The van der Waals surface area contributed by atoms with E-state index in [1.165, 1.54) is 21.3 Å². The Balaban J connectivity index is 2.18. The first-order valence-electron chi connectivity index (χ1n) is 7.15. The van der Waals surface area contributed by atoms with Gasteiger partial charge in [0.25, 0.3) is 0 Å². The smallest absolute Gasteiger partial charge is 0.409 e. The summed E-state index contributed by atoms with van der Waals surface area (Å²) in [5.74, 6) is -0.759. The first-order chi connectivity index (χ1) is 10.0. The molecule has 2 fully saturated rings. The number of rotatable bonds is 2. The predicted molar refractivity (Wildman–Crippen MR) is 72.5 cm³/mol. The number of carbonyl (C=O) groups is 2. The summed E-state index contributed by atoms with van der Waals surface area (Å²) >= 11 is 0. The molecule has 0 bridgehead atoms. The second-order valence-electron chi connectivity index (χ2n) is 5.68. The van der Waals surface area contributed by atoms with Crippen LogP contribution in [-0.4, -0.2) is 68.7 Å². The maximum Gasteiger partial charge on any atom is 0.409 e. The second-order valence-corrected chi connectivity index (χ2v) is 5.68. The minimum atomic E-state index is -0.738. The Kier molecular flexibility index (Phi) is 5.05. The van der Waals surface area contributed by atoms with E-state index in [1.807, 2.05) is 0 Å². The normalized spacial score (nSPS) is 35.8. The number of methoxy groups -OCH3 is 3. The highest BCUT2D eigenvalue weighted by Gasteiger charge is 2.50. The summed E-state index contributed by atoms with van der Waals surface area (Å²) in [5, 5.41) is 10.2. The van der Waals surface area contributed by atoms with E-state index in [-0.39, 0.29) is 23.9 Å². The van der Waals surface area contributed by atoms with Crippen molar-refractivity contribution in [2.45, 2.75) is 25.0 Å². The molecule has 5 atom stereocenters. The van der Waals surface area contributed by atoms with Crippen LogP contribution in [-0.2, 0) is 19.0 Å². The molecule has 2 rings (SSSR count). The number of aliphatic hydroxyl groups excluding tert-OH is 1. The molecule has 0 aromatic rings. The van der Waals surface area contributed by atoms with Crippen LogP contribution in [0.15, 0.2) is 0 Å². The van der Waals surface area contributed by atoms with E-state index in [1.54, 1.807) is 4.90 Å². The number of piperidine rings is 1. The van der Waals surface area contributed by atoms with E-state index in [2.05, 4.69) is 0 Å². The monoisotopic (exact) mass is 301 g/mol. The lowest BCUT2D eigenvalue weighted by molar-refractivity contribution is -0.172. The number of likely N-dealkylation sites (tertiary alicyclic amines) is 1. The summed E-state index contributed by atoms with van der Waals surface area (Å²) in [6.07, 6.45) is -0.483. The van der Waals surface area contributed by atoms with Crippen molar-refractivity contribution >= 4 is 12.1 Å². The van der Waals surface area contributed by atoms with Gasteiger partial charge in [0, 0.05) is 20.2 Å². The molecular formula is C14H23NO6. The molecule has 0 unspecified atom stereocenters. The number of fused-ring (bicyclic) bond motifs is 1. The van der Waals surface area contributed by atoms with E-state index in [0.717, 1.165) is 0 Å². The highest BCUT2D eigenvalue weighted by atomic mass is 16.5. The minimum Gasteiger partial charge on any atom is -0.469 e. The number of aliphatic hydroxyl groups is 1. The van der Waals surface area contributed by atoms with Crippen molar-refractivity contribution in [2.75, 3.05) is 34.4 Å². The predicted octanol–water partition coefficient (Wildman–Crippen LogP) is 0.260. The number of amides is 1. The molecule has 1 heterocycles. The molecule has 7 nitrogen and oxygen atoms in total. The third-order valence-corrected chi connectivity index (χ3v) is 4.71. The summed E-state index contributed by atoms with van der Waals surface area (Å²) in [4.78, 5) is 25.3. The maximum absolute atomic E-state index is 12.1. The summed E-state index contributed by atoms with van der Waals surface area (Å²) in [6.45, 7) is 1.02. The Bertz CT molecular complexity index is 401. The number of carbonyl (C=O) groups excluding carboxylic acids is 2. The van der Waals surface area contributed by atoms with Gasteiger partial charge in [-0.05, 0) is 24.7 Å². The number of ether oxygens (including phenoxy) is 3. The van der Waals surface area contributed by atoms with Crippen LogP contribution in [0, 0.1) is 17.8 Å². The fraction of sp³-hybridized carbons (Fsp3) is 0.857. The number of hydrogen-bond acceptors (Lipinski definition) is 6. The van der Waals surface area contributed by atoms with Gasteiger partial charge in [0.2, 0.25) is 0 Å². The fourth-order valence-electron chi connectivity index (χ4n) is 3.74. The van der Waals surface area contributed by atoms with Gasteiger partial charge in [-0.25, -0.2) is 4.79 Å². The van der Waals surface area contributed by atoms with Gasteiger partial charge >= 0.3 is 12.1 Å². The van der Waals surface area contributed by atoms with Gasteiger partial charge in [-0.15, -0.1) is 0 Å². The van der Waals surface area contributed by atoms with Gasteiger partial charge in [-0.1, -0.05) is 0 Å². The van der Waals surface area contributed by atoms with Gasteiger partial charge < -0.3 is 24.2 Å². The van der Waals surface area contributed by atoms with Crippen molar-refractivity contribution in [2.24, 2.45) is 17.8 Å². The van der Waals surface area contributed by atoms with Crippen LogP contribution in [0.5, 0.6) is 0 Å². The van der Waals surface area contributed by atoms with Crippen molar-refractivity contribution in [1.29, 1.82) is 0 Å². The molecule has 21 heavy (non-hydrogen) atoms. The largest absolute Gasteiger partial charge is 0.469 e. The SMILES string of the molecule is COC(=O)[C@H]1[C@H]2CCN(C(=O)OC)C[C@H]2C[C@@H](O)[C@@H]1OC. The zero-order valence-electron chi connectivity index (χ0n) is 12.7. The quantitative estimate of drug-likeness (QED) is 0.736. The van der Waals surface area contributed by atoms with Crippen molar-refractivity contribution in [1.82, 2.24) is 4.90 Å². The maximum atomic E-state index is 12.1. The highest BCUT2D eigenvalue weighted by Crippen LogP contribution is 2.42. The average molecular weight is 301 g/mol. The Morgan fingerprint density at radius 3 is 2.48 bits per heavy atom. The van der Waals surface area contributed by atoms with Crippen LogP contribution in [0.1, 0.15) is 12.8 Å². The van der Waals surface area contributed by atoms with E-state index >= 15 is 0 Å². The molecule has 1 N–H and O–H groups in total. The Morgan fingerprint density at radius 1 is 1.19 bits per heavy atom. The molecule has 0 aromatic carbocycles. The Labute approximate surface area is 124 Å². The first-order valence-corrected chi connectivity index (χ1v) is 7.15. The van der Waals surface area contributed by atoms with Crippen LogP contribution in [0.4, 0.5) is 4.79 Å². The third-order valence-electron chi connectivity index (χ3n) is 4.71. The number of esters is 1. The Hall–Kier alpha value is -1.34. The van der Waals surface area contributed by atoms with Gasteiger partial charge in [-0.2, -0.15) is 0 Å². The van der Waals surface area contributed by atoms with Gasteiger partial charge in [0.05, 0.1) is 32.3 Å². The van der Waals surface area contributed by atoms with Crippen LogP contribution >= 0.6 is 0 Å². The lowest BCUT2D eigenvalue weighted by Crippen LogP contribution is -2.57. The lowest BCUT2D eigenvalue weighted by atomic mass is 9.66. The molecule has 1 amide bonds. The molecule has 0 aromatic heterocycles. The topological polar surface area (TPSA) is 85.3 Å². The highest BCUT2D eigenvalue weighted by molar-refractivity contribution is 5.74. The van der Waals surface area contributed by atoms with Crippen LogP contribution in [0.25, 0.3) is 0 Å².